The normalized spacial score (nSPS) is 23.3. The molecule has 0 aliphatic carbocycles. The van der Waals surface area contributed by atoms with E-state index in [1.165, 1.54) is 6.07 Å². The van der Waals surface area contributed by atoms with Crippen LogP contribution in [0.2, 0.25) is 0 Å². The summed E-state index contributed by atoms with van der Waals surface area (Å²) >= 11 is 0. The third kappa shape index (κ3) is 3.22. The van der Waals surface area contributed by atoms with Gasteiger partial charge in [-0.15, -0.1) is 0 Å². The lowest BCUT2D eigenvalue weighted by molar-refractivity contribution is 0.156. The van der Waals surface area contributed by atoms with E-state index in [4.69, 9.17) is 0 Å². The number of halogens is 2. The molecule has 2 unspecified atom stereocenters. The molecule has 1 aliphatic heterocycles. The Morgan fingerprint density at radius 3 is 2.26 bits per heavy atom. The first-order valence-corrected chi connectivity index (χ1v) is 6.47. The van der Waals surface area contributed by atoms with Gasteiger partial charge in [0.2, 0.25) is 0 Å². The molecule has 0 radical (unpaired) electrons. The SMILES string of the molecule is CC1CC(C)CN(C(=O)Nc2c(F)cccc2F)C1. The zero-order valence-electron chi connectivity index (χ0n) is 11.1. The lowest BCUT2D eigenvalue weighted by atomic mass is 9.92. The van der Waals surface area contributed by atoms with Gasteiger partial charge in [-0.05, 0) is 30.4 Å². The Hall–Kier alpha value is -1.65. The van der Waals surface area contributed by atoms with Gasteiger partial charge in [0.1, 0.15) is 17.3 Å². The Labute approximate surface area is 111 Å². The van der Waals surface area contributed by atoms with Gasteiger partial charge < -0.3 is 10.2 Å². The highest BCUT2D eigenvalue weighted by Crippen LogP contribution is 2.23. The van der Waals surface area contributed by atoms with Crippen LogP contribution in [0.15, 0.2) is 18.2 Å². The maximum absolute atomic E-state index is 13.5. The number of nitrogens with one attached hydrogen (secondary N) is 1. The number of piperidine rings is 1. The molecule has 1 aliphatic rings. The van der Waals surface area contributed by atoms with Crippen LogP contribution in [-0.4, -0.2) is 24.0 Å². The monoisotopic (exact) mass is 268 g/mol. The van der Waals surface area contributed by atoms with Crippen molar-refractivity contribution in [3.63, 3.8) is 0 Å². The number of likely N-dealkylation sites (tertiary alicyclic amines) is 1. The predicted molar refractivity (Wildman–Crippen MR) is 69.9 cm³/mol. The van der Waals surface area contributed by atoms with Crippen molar-refractivity contribution in [3.8, 4) is 0 Å². The first kappa shape index (κ1) is 13.8. The van der Waals surface area contributed by atoms with E-state index in [2.05, 4.69) is 19.2 Å². The molecule has 3 nitrogen and oxygen atoms in total. The summed E-state index contributed by atoms with van der Waals surface area (Å²) < 4.78 is 26.9. The molecule has 0 saturated carbocycles. The molecular weight excluding hydrogens is 250 g/mol. The second-order valence-electron chi connectivity index (χ2n) is 5.38. The van der Waals surface area contributed by atoms with E-state index in [0.29, 0.717) is 24.9 Å². The Morgan fingerprint density at radius 2 is 1.74 bits per heavy atom. The fraction of sp³-hybridized carbons (Fsp3) is 0.500. The Morgan fingerprint density at radius 1 is 1.21 bits per heavy atom. The number of amides is 2. The molecule has 2 rings (SSSR count). The average Bonchev–Trinajstić information content (AvgIpc) is 2.32. The van der Waals surface area contributed by atoms with E-state index in [-0.39, 0.29) is 5.69 Å². The minimum Gasteiger partial charge on any atom is -0.324 e. The first-order valence-electron chi connectivity index (χ1n) is 6.47. The van der Waals surface area contributed by atoms with Crippen molar-refractivity contribution in [2.45, 2.75) is 20.3 Å². The summed E-state index contributed by atoms with van der Waals surface area (Å²) in [4.78, 5) is 13.7. The highest BCUT2D eigenvalue weighted by atomic mass is 19.1. The van der Waals surface area contributed by atoms with Crippen LogP contribution in [0.1, 0.15) is 20.3 Å². The van der Waals surface area contributed by atoms with Crippen LogP contribution in [0.4, 0.5) is 19.3 Å². The molecule has 0 aromatic heterocycles. The van der Waals surface area contributed by atoms with E-state index >= 15 is 0 Å². The smallest absolute Gasteiger partial charge is 0.322 e. The van der Waals surface area contributed by atoms with Gasteiger partial charge in [0.05, 0.1) is 0 Å². The molecule has 1 heterocycles. The van der Waals surface area contributed by atoms with Crippen LogP contribution < -0.4 is 5.32 Å². The number of nitrogens with zero attached hydrogens (tertiary/aromatic N) is 1. The van der Waals surface area contributed by atoms with Gasteiger partial charge in [0.15, 0.2) is 0 Å². The van der Waals surface area contributed by atoms with Crippen LogP contribution in [0, 0.1) is 23.5 Å². The fourth-order valence-electron chi connectivity index (χ4n) is 2.63. The van der Waals surface area contributed by atoms with Crippen molar-refractivity contribution in [1.82, 2.24) is 4.90 Å². The maximum atomic E-state index is 13.5. The molecule has 0 spiro atoms. The number of carbonyl (C=O) groups is 1. The topological polar surface area (TPSA) is 32.3 Å². The van der Waals surface area contributed by atoms with Crippen molar-refractivity contribution in [1.29, 1.82) is 0 Å². The average molecular weight is 268 g/mol. The van der Waals surface area contributed by atoms with Crippen molar-refractivity contribution in [2.75, 3.05) is 18.4 Å². The zero-order valence-corrected chi connectivity index (χ0v) is 11.1. The molecule has 5 heteroatoms. The third-order valence-corrected chi connectivity index (χ3v) is 3.35. The summed E-state index contributed by atoms with van der Waals surface area (Å²) in [5.41, 5.74) is -0.377. The van der Waals surface area contributed by atoms with Gasteiger partial charge in [-0.2, -0.15) is 0 Å². The molecule has 1 aromatic rings. The van der Waals surface area contributed by atoms with Crippen molar-refractivity contribution in [3.05, 3.63) is 29.8 Å². The first-order chi connectivity index (χ1) is 8.97. The summed E-state index contributed by atoms with van der Waals surface area (Å²) in [5, 5.41) is 2.33. The summed E-state index contributed by atoms with van der Waals surface area (Å²) in [7, 11) is 0. The van der Waals surface area contributed by atoms with E-state index in [9.17, 15) is 13.6 Å². The molecule has 1 saturated heterocycles. The highest BCUT2D eigenvalue weighted by molar-refractivity contribution is 5.89. The van der Waals surface area contributed by atoms with Crippen LogP contribution in [0.5, 0.6) is 0 Å². The lowest BCUT2D eigenvalue weighted by Gasteiger charge is -2.34. The lowest BCUT2D eigenvalue weighted by Crippen LogP contribution is -2.44. The number of hydrogen-bond acceptors (Lipinski definition) is 1. The van der Waals surface area contributed by atoms with Gasteiger partial charge in [-0.3, -0.25) is 0 Å². The van der Waals surface area contributed by atoms with Crippen LogP contribution in [0.3, 0.4) is 0 Å². The summed E-state index contributed by atoms with van der Waals surface area (Å²) in [6, 6.07) is 3.08. The molecule has 1 fully saturated rings. The number of carbonyl (C=O) groups excluding carboxylic acids is 1. The molecule has 19 heavy (non-hydrogen) atoms. The number of benzene rings is 1. The Balaban J connectivity index is 2.08. The van der Waals surface area contributed by atoms with Gasteiger partial charge in [-0.25, -0.2) is 13.6 Å². The van der Waals surface area contributed by atoms with Crippen molar-refractivity contribution < 1.29 is 13.6 Å². The van der Waals surface area contributed by atoms with Crippen LogP contribution in [0.25, 0.3) is 0 Å². The number of anilines is 1. The number of para-hydroxylation sites is 1. The molecule has 1 aromatic carbocycles. The zero-order chi connectivity index (χ0) is 14.0. The van der Waals surface area contributed by atoms with Crippen molar-refractivity contribution >= 4 is 11.7 Å². The molecule has 1 N–H and O–H groups in total. The summed E-state index contributed by atoms with van der Waals surface area (Å²) in [5.74, 6) is -0.710. The van der Waals surface area contributed by atoms with Crippen LogP contribution in [-0.2, 0) is 0 Å². The summed E-state index contributed by atoms with van der Waals surface area (Å²) in [6.45, 7) is 5.37. The molecule has 104 valence electrons. The molecule has 2 amide bonds. The quantitative estimate of drug-likeness (QED) is 0.831. The van der Waals surface area contributed by atoms with Gasteiger partial charge in [-0.1, -0.05) is 19.9 Å². The highest BCUT2D eigenvalue weighted by Gasteiger charge is 2.26. The molecule has 0 bridgehead atoms. The third-order valence-electron chi connectivity index (χ3n) is 3.35. The number of rotatable bonds is 1. The molecular formula is C14H18F2N2O. The van der Waals surface area contributed by atoms with Gasteiger partial charge in [0.25, 0.3) is 0 Å². The van der Waals surface area contributed by atoms with E-state index in [1.54, 1.807) is 4.90 Å². The minimum absolute atomic E-state index is 0.377. The van der Waals surface area contributed by atoms with Crippen LogP contribution >= 0.6 is 0 Å². The number of hydrogen-bond donors (Lipinski definition) is 1. The number of urea groups is 1. The fourth-order valence-corrected chi connectivity index (χ4v) is 2.63. The van der Waals surface area contributed by atoms with Gasteiger partial charge in [0, 0.05) is 13.1 Å². The van der Waals surface area contributed by atoms with E-state index in [0.717, 1.165) is 18.6 Å². The second kappa shape index (κ2) is 5.55. The largest absolute Gasteiger partial charge is 0.324 e. The minimum atomic E-state index is -0.758. The standard InChI is InChI=1S/C14H18F2N2O/c1-9-6-10(2)8-18(7-9)14(19)17-13-11(15)4-3-5-12(13)16/h3-5,9-10H,6-8H2,1-2H3,(H,17,19). The van der Waals surface area contributed by atoms with Crippen molar-refractivity contribution in [2.24, 2.45) is 11.8 Å². The second-order valence-corrected chi connectivity index (χ2v) is 5.38. The Bertz CT molecular complexity index is 448. The summed E-state index contributed by atoms with van der Waals surface area (Å²) in [6.07, 6.45) is 1.07. The van der Waals surface area contributed by atoms with Gasteiger partial charge >= 0.3 is 6.03 Å². The predicted octanol–water partition coefficient (Wildman–Crippen LogP) is 3.47. The van der Waals surface area contributed by atoms with E-state index in [1.807, 2.05) is 0 Å². The maximum Gasteiger partial charge on any atom is 0.322 e. The van der Waals surface area contributed by atoms with E-state index < -0.39 is 17.7 Å². The Kier molecular flexibility index (Phi) is 4.02. The molecule has 2 atom stereocenters.